The molecule has 9 nitrogen and oxygen atoms in total. The first-order valence-corrected chi connectivity index (χ1v) is 11.2. The number of esters is 1. The standard InChI is InChI=1S/C25H17N5O4S/c1-33-20-14-15(7-8-19(20)34-24(32)17-5-3-2-4-6-17)13-18-21(26)30-25(28-22(18)31)35-23(29-30)16-9-11-27-12-10-16/h2-14,26H,1H3/b18-13+,26-21?. The normalized spacial score (nSPS) is 16.0. The number of aromatic nitrogens is 1. The van der Waals surface area contributed by atoms with Gasteiger partial charge in [-0.1, -0.05) is 24.3 Å². The van der Waals surface area contributed by atoms with Crippen LogP contribution in [-0.4, -0.2) is 45.0 Å². The van der Waals surface area contributed by atoms with Gasteiger partial charge in [-0.15, -0.1) is 0 Å². The highest BCUT2D eigenvalue weighted by atomic mass is 32.2. The van der Waals surface area contributed by atoms with E-state index in [1.165, 1.54) is 30.0 Å². The third-order valence-electron chi connectivity index (χ3n) is 5.09. The van der Waals surface area contributed by atoms with E-state index >= 15 is 0 Å². The molecule has 172 valence electrons. The number of thioether (sulfide) groups is 1. The Hall–Kier alpha value is -4.57. The summed E-state index contributed by atoms with van der Waals surface area (Å²) in [5.74, 6) is -0.613. The molecular formula is C25H17N5O4S. The number of aliphatic imine (C=N–C) groups is 1. The van der Waals surface area contributed by atoms with Crippen molar-refractivity contribution in [2.45, 2.75) is 0 Å². The number of methoxy groups -OCH3 is 1. The number of carbonyl (C=O) groups excluding carboxylic acids is 2. The molecule has 0 saturated heterocycles. The summed E-state index contributed by atoms with van der Waals surface area (Å²) in [5, 5.41) is 15.3. The number of nitrogens with zero attached hydrogens (tertiary/aromatic N) is 4. The van der Waals surface area contributed by atoms with E-state index < -0.39 is 11.9 Å². The van der Waals surface area contributed by atoms with Crippen molar-refractivity contribution in [2.24, 2.45) is 10.1 Å². The van der Waals surface area contributed by atoms with Gasteiger partial charge in [-0.3, -0.25) is 15.2 Å². The molecule has 0 fully saturated rings. The monoisotopic (exact) mass is 483 g/mol. The van der Waals surface area contributed by atoms with Gasteiger partial charge in [-0.05, 0) is 59.8 Å². The average Bonchev–Trinajstić information content (AvgIpc) is 3.32. The lowest BCUT2D eigenvalue weighted by Crippen LogP contribution is -2.35. The van der Waals surface area contributed by atoms with Crippen LogP contribution >= 0.6 is 11.8 Å². The van der Waals surface area contributed by atoms with Gasteiger partial charge < -0.3 is 9.47 Å². The molecule has 0 spiro atoms. The van der Waals surface area contributed by atoms with Crippen molar-refractivity contribution >= 4 is 45.8 Å². The van der Waals surface area contributed by atoms with Crippen LogP contribution < -0.4 is 9.47 Å². The number of fused-ring (bicyclic) bond motifs is 1. The lowest BCUT2D eigenvalue weighted by atomic mass is 10.1. The second-order valence-corrected chi connectivity index (χ2v) is 8.28. The van der Waals surface area contributed by atoms with Crippen LogP contribution in [0.4, 0.5) is 0 Å². The highest BCUT2D eigenvalue weighted by Crippen LogP contribution is 2.33. The molecule has 0 aliphatic carbocycles. The smallest absolute Gasteiger partial charge is 0.343 e. The van der Waals surface area contributed by atoms with Gasteiger partial charge in [-0.2, -0.15) is 15.1 Å². The summed E-state index contributed by atoms with van der Waals surface area (Å²) in [6.45, 7) is 0. The minimum atomic E-state index is -0.543. The molecule has 0 atom stereocenters. The van der Waals surface area contributed by atoms with Crippen LogP contribution in [-0.2, 0) is 4.79 Å². The summed E-state index contributed by atoms with van der Waals surface area (Å²) in [4.78, 5) is 33.2. The van der Waals surface area contributed by atoms with Gasteiger partial charge in [0.25, 0.3) is 5.91 Å². The maximum atomic E-state index is 12.7. The van der Waals surface area contributed by atoms with E-state index in [0.717, 1.165) is 5.56 Å². The molecule has 1 N–H and O–H groups in total. The summed E-state index contributed by atoms with van der Waals surface area (Å²) in [6.07, 6.45) is 4.82. The molecule has 3 heterocycles. The zero-order chi connectivity index (χ0) is 24.4. The number of rotatable bonds is 5. The predicted molar refractivity (Wildman–Crippen MR) is 133 cm³/mol. The molecular weight excluding hydrogens is 466 g/mol. The molecule has 0 bridgehead atoms. The fourth-order valence-electron chi connectivity index (χ4n) is 3.36. The zero-order valence-electron chi connectivity index (χ0n) is 18.3. The van der Waals surface area contributed by atoms with E-state index in [9.17, 15) is 9.59 Å². The lowest BCUT2D eigenvalue weighted by molar-refractivity contribution is -0.114. The van der Waals surface area contributed by atoms with Gasteiger partial charge in [0.15, 0.2) is 17.3 Å². The largest absolute Gasteiger partial charge is 0.493 e. The number of amides is 1. The molecule has 0 unspecified atom stereocenters. The Morgan fingerprint density at radius 3 is 2.57 bits per heavy atom. The van der Waals surface area contributed by atoms with Crippen LogP contribution in [0.15, 0.2) is 88.7 Å². The van der Waals surface area contributed by atoms with E-state index in [1.807, 2.05) is 6.07 Å². The first-order chi connectivity index (χ1) is 17.0. The van der Waals surface area contributed by atoms with Crippen molar-refractivity contribution in [3.8, 4) is 11.5 Å². The van der Waals surface area contributed by atoms with Gasteiger partial charge in [-0.25, -0.2) is 4.79 Å². The van der Waals surface area contributed by atoms with E-state index in [1.54, 1.807) is 67.0 Å². The molecule has 10 heteroatoms. The number of amidine groups is 2. The highest BCUT2D eigenvalue weighted by molar-refractivity contribution is 8.27. The van der Waals surface area contributed by atoms with E-state index in [-0.39, 0.29) is 17.2 Å². The molecule has 2 aliphatic rings. The van der Waals surface area contributed by atoms with Crippen LogP contribution in [0.5, 0.6) is 11.5 Å². The number of pyridine rings is 1. The van der Waals surface area contributed by atoms with Crippen molar-refractivity contribution < 1.29 is 19.1 Å². The second kappa shape index (κ2) is 9.35. The second-order valence-electron chi connectivity index (χ2n) is 7.33. The Morgan fingerprint density at radius 2 is 1.83 bits per heavy atom. The number of hydrogen-bond donors (Lipinski definition) is 1. The molecule has 3 aromatic rings. The molecule has 2 aromatic carbocycles. The fraction of sp³-hybridized carbons (Fsp3) is 0.0400. The highest BCUT2D eigenvalue weighted by Gasteiger charge is 2.36. The fourth-order valence-corrected chi connectivity index (χ4v) is 4.26. The summed E-state index contributed by atoms with van der Waals surface area (Å²) >= 11 is 1.22. The van der Waals surface area contributed by atoms with Gasteiger partial charge in [0.1, 0.15) is 5.04 Å². The van der Waals surface area contributed by atoms with Crippen LogP contribution in [0, 0.1) is 5.41 Å². The zero-order valence-corrected chi connectivity index (χ0v) is 19.2. The number of hydrazone groups is 1. The van der Waals surface area contributed by atoms with E-state index in [0.29, 0.717) is 27.1 Å². The number of benzene rings is 2. The van der Waals surface area contributed by atoms with Crippen molar-refractivity contribution in [3.05, 3.63) is 95.3 Å². The first kappa shape index (κ1) is 22.2. The summed E-state index contributed by atoms with van der Waals surface area (Å²) in [6, 6.07) is 17.1. The van der Waals surface area contributed by atoms with Crippen LogP contribution in [0.3, 0.4) is 0 Å². The molecule has 0 radical (unpaired) electrons. The Labute approximate surface area is 204 Å². The summed E-state index contributed by atoms with van der Waals surface area (Å²) in [7, 11) is 1.45. The maximum Gasteiger partial charge on any atom is 0.343 e. The molecule has 35 heavy (non-hydrogen) atoms. The molecule has 0 saturated carbocycles. The van der Waals surface area contributed by atoms with Gasteiger partial charge in [0, 0.05) is 18.0 Å². The van der Waals surface area contributed by atoms with Gasteiger partial charge in [0.05, 0.1) is 18.2 Å². The lowest BCUT2D eigenvalue weighted by Gasteiger charge is -2.20. The van der Waals surface area contributed by atoms with Gasteiger partial charge in [0.2, 0.25) is 5.17 Å². The Bertz CT molecular complexity index is 1430. The summed E-state index contributed by atoms with van der Waals surface area (Å²) < 4.78 is 10.9. The number of hydrogen-bond acceptors (Lipinski definition) is 8. The predicted octanol–water partition coefficient (Wildman–Crippen LogP) is 3.98. The molecule has 2 aliphatic heterocycles. The Balaban J connectivity index is 1.40. The molecule has 1 amide bonds. The van der Waals surface area contributed by atoms with Crippen LogP contribution in [0.25, 0.3) is 6.08 Å². The Morgan fingerprint density at radius 1 is 1.06 bits per heavy atom. The Kier molecular flexibility index (Phi) is 5.94. The minimum absolute atomic E-state index is 0.0742. The third kappa shape index (κ3) is 4.46. The van der Waals surface area contributed by atoms with Crippen molar-refractivity contribution in [1.29, 1.82) is 5.41 Å². The van der Waals surface area contributed by atoms with Crippen molar-refractivity contribution in [3.63, 3.8) is 0 Å². The number of carbonyl (C=O) groups is 2. The van der Waals surface area contributed by atoms with Gasteiger partial charge >= 0.3 is 5.97 Å². The minimum Gasteiger partial charge on any atom is -0.493 e. The average molecular weight is 484 g/mol. The molecule has 1 aromatic heterocycles. The van der Waals surface area contributed by atoms with Crippen molar-refractivity contribution in [1.82, 2.24) is 9.99 Å². The van der Waals surface area contributed by atoms with Crippen LogP contribution in [0.2, 0.25) is 0 Å². The third-order valence-corrected chi connectivity index (χ3v) is 6.05. The maximum absolute atomic E-state index is 12.7. The first-order valence-electron chi connectivity index (χ1n) is 10.4. The quantitative estimate of drug-likeness (QED) is 0.331. The number of nitrogens with one attached hydrogen (secondary N) is 1. The molecule has 5 rings (SSSR count). The van der Waals surface area contributed by atoms with Crippen LogP contribution in [0.1, 0.15) is 21.5 Å². The topological polar surface area (TPSA) is 117 Å². The van der Waals surface area contributed by atoms with E-state index in [4.69, 9.17) is 14.9 Å². The number of ether oxygens (including phenoxy) is 2. The summed E-state index contributed by atoms with van der Waals surface area (Å²) in [5.41, 5.74) is 1.87. The SMILES string of the molecule is COc1cc(/C=C2\C(=N)N3N=C(c4ccncc4)SC3=NC2=O)ccc1OC(=O)c1ccccc1. The van der Waals surface area contributed by atoms with Crippen molar-refractivity contribution in [2.75, 3.05) is 7.11 Å². The van der Waals surface area contributed by atoms with E-state index in [2.05, 4.69) is 15.1 Å².